The van der Waals surface area contributed by atoms with Crippen molar-refractivity contribution in [3.8, 4) is 0 Å². The lowest BCUT2D eigenvalue weighted by molar-refractivity contribution is -0.136. The number of hydrogen-bond acceptors (Lipinski definition) is 2. The first kappa shape index (κ1) is 16.3. The van der Waals surface area contributed by atoms with Crippen molar-refractivity contribution in [2.75, 3.05) is 10.6 Å². The third kappa shape index (κ3) is 3.56. The molecule has 1 aromatic carbocycles. The van der Waals surface area contributed by atoms with Gasteiger partial charge in [-0.3, -0.25) is 4.68 Å². The fourth-order valence-corrected chi connectivity index (χ4v) is 2.22. The van der Waals surface area contributed by atoms with Gasteiger partial charge >= 0.3 is 6.18 Å². The summed E-state index contributed by atoms with van der Waals surface area (Å²) in [5, 5.41) is 9.66. The molecule has 0 atom stereocenters. The van der Waals surface area contributed by atoms with Gasteiger partial charge in [0.1, 0.15) is 0 Å². The largest absolute Gasteiger partial charge is 0.418 e. The van der Waals surface area contributed by atoms with Crippen LogP contribution in [0.1, 0.15) is 18.2 Å². The maximum atomic E-state index is 12.9. The van der Waals surface area contributed by atoms with Crippen LogP contribution in [0.2, 0.25) is 0 Å². The van der Waals surface area contributed by atoms with E-state index in [1.165, 1.54) is 18.2 Å². The van der Waals surface area contributed by atoms with Crippen LogP contribution in [0.25, 0.3) is 0 Å². The Morgan fingerprint density at radius 2 is 1.86 bits per heavy atom. The first-order valence-corrected chi connectivity index (χ1v) is 7.00. The summed E-state index contributed by atoms with van der Waals surface area (Å²) in [5.41, 5.74) is 0.660. The van der Waals surface area contributed by atoms with Crippen LogP contribution in [0.15, 0.2) is 30.5 Å². The average Bonchev–Trinajstić information content (AvgIpc) is 2.79. The SMILES string of the molecule is CCn1ncc(NC(=S)Nc2ccccc2C(F)(F)F)c1C. The van der Waals surface area contributed by atoms with Crippen LogP contribution >= 0.6 is 12.2 Å². The summed E-state index contributed by atoms with van der Waals surface area (Å²) in [6.07, 6.45) is -2.86. The Hall–Kier alpha value is -2.09. The molecule has 2 N–H and O–H groups in total. The number of anilines is 2. The molecule has 0 spiro atoms. The number of nitrogens with zero attached hydrogens (tertiary/aromatic N) is 2. The van der Waals surface area contributed by atoms with Crippen LogP contribution in [-0.4, -0.2) is 14.9 Å². The predicted octanol–water partition coefficient (Wildman–Crippen LogP) is 4.04. The Bertz CT molecular complexity index is 679. The Morgan fingerprint density at radius 1 is 1.23 bits per heavy atom. The molecule has 2 aromatic rings. The molecule has 0 aliphatic carbocycles. The number of rotatable bonds is 3. The second-order valence-electron chi connectivity index (χ2n) is 4.58. The lowest BCUT2D eigenvalue weighted by atomic mass is 10.1. The van der Waals surface area contributed by atoms with Gasteiger partial charge in [-0.05, 0) is 38.2 Å². The summed E-state index contributed by atoms with van der Waals surface area (Å²) in [7, 11) is 0. The third-order valence-corrected chi connectivity index (χ3v) is 3.34. The minimum absolute atomic E-state index is 0.0791. The zero-order valence-electron chi connectivity index (χ0n) is 12.0. The zero-order chi connectivity index (χ0) is 16.3. The molecule has 1 heterocycles. The Morgan fingerprint density at radius 3 is 2.45 bits per heavy atom. The van der Waals surface area contributed by atoms with Crippen molar-refractivity contribution in [3.05, 3.63) is 41.7 Å². The van der Waals surface area contributed by atoms with Crippen molar-refractivity contribution < 1.29 is 13.2 Å². The summed E-state index contributed by atoms with van der Waals surface area (Å²) in [6, 6.07) is 5.19. The second-order valence-corrected chi connectivity index (χ2v) is 4.99. The number of thiocarbonyl (C=S) groups is 1. The molecule has 0 radical (unpaired) electrons. The van der Waals surface area contributed by atoms with Crippen molar-refractivity contribution in [2.45, 2.75) is 26.6 Å². The smallest absolute Gasteiger partial charge is 0.332 e. The van der Waals surface area contributed by atoms with E-state index in [1.54, 1.807) is 10.9 Å². The third-order valence-electron chi connectivity index (χ3n) is 3.13. The molecule has 0 amide bonds. The van der Waals surface area contributed by atoms with E-state index in [0.29, 0.717) is 12.2 Å². The topological polar surface area (TPSA) is 41.9 Å². The van der Waals surface area contributed by atoms with Crippen LogP contribution in [0, 0.1) is 6.92 Å². The van der Waals surface area contributed by atoms with Crippen molar-refractivity contribution >= 4 is 28.7 Å². The van der Waals surface area contributed by atoms with Gasteiger partial charge in [0.15, 0.2) is 5.11 Å². The molecule has 2 rings (SSSR count). The number of nitrogens with one attached hydrogen (secondary N) is 2. The van der Waals surface area contributed by atoms with Gasteiger partial charge in [0.2, 0.25) is 0 Å². The molecule has 0 saturated carbocycles. The number of aromatic nitrogens is 2. The van der Waals surface area contributed by atoms with E-state index in [1.807, 2.05) is 13.8 Å². The van der Waals surface area contributed by atoms with Crippen molar-refractivity contribution in [1.82, 2.24) is 9.78 Å². The van der Waals surface area contributed by atoms with Gasteiger partial charge in [0.25, 0.3) is 0 Å². The van der Waals surface area contributed by atoms with E-state index in [2.05, 4.69) is 15.7 Å². The molecule has 0 unspecified atom stereocenters. The number of halogens is 3. The van der Waals surface area contributed by atoms with Crippen molar-refractivity contribution in [2.24, 2.45) is 0 Å². The lowest BCUT2D eigenvalue weighted by Crippen LogP contribution is -2.21. The van der Waals surface area contributed by atoms with Crippen molar-refractivity contribution in [3.63, 3.8) is 0 Å². The predicted molar refractivity (Wildman–Crippen MR) is 83.9 cm³/mol. The molecule has 22 heavy (non-hydrogen) atoms. The van der Waals surface area contributed by atoms with Crippen LogP contribution in [0.3, 0.4) is 0 Å². The van der Waals surface area contributed by atoms with Crippen molar-refractivity contribution in [1.29, 1.82) is 0 Å². The molecular weight excluding hydrogens is 313 g/mol. The highest BCUT2D eigenvalue weighted by atomic mass is 32.1. The Labute approximate surface area is 131 Å². The average molecular weight is 328 g/mol. The van der Waals surface area contributed by atoms with E-state index in [4.69, 9.17) is 12.2 Å². The van der Waals surface area contributed by atoms with Gasteiger partial charge in [-0.1, -0.05) is 12.1 Å². The lowest BCUT2D eigenvalue weighted by Gasteiger charge is -2.15. The molecule has 1 aromatic heterocycles. The summed E-state index contributed by atoms with van der Waals surface area (Å²) < 4.78 is 40.5. The number of benzene rings is 1. The number of para-hydroxylation sites is 1. The first-order chi connectivity index (χ1) is 10.3. The van der Waals surface area contributed by atoms with Crippen LogP contribution < -0.4 is 10.6 Å². The van der Waals surface area contributed by atoms with E-state index < -0.39 is 11.7 Å². The van der Waals surface area contributed by atoms with Gasteiger partial charge in [-0.2, -0.15) is 18.3 Å². The monoisotopic (exact) mass is 328 g/mol. The Balaban J connectivity index is 2.14. The maximum absolute atomic E-state index is 12.9. The summed E-state index contributed by atoms with van der Waals surface area (Å²) in [6.45, 7) is 4.50. The highest BCUT2D eigenvalue weighted by Gasteiger charge is 2.33. The van der Waals surface area contributed by atoms with E-state index in [9.17, 15) is 13.2 Å². The highest BCUT2D eigenvalue weighted by molar-refractivity contribution is 7.80. The molecule has 0 saturated heterocycles. The first-order valence-electron chi connectivity index (χ1n) is 6.59. The number of hydrogen-bond donors (Lipinski definition) is 2. The van der Waals surface area contributed by atoms with Crippen LogP contribution in [0.4, 0.5) is 24.5 Å². The van der Waals surface area contributed by atoms with Gasteiger partial charge in [0.05, 0.1) is 28.8 Å². The molecule has 0 bridgehead atoms. The molecule has 4 nitrogen and oxygen atoms in total. The van der Waals surface area contributed by atoms with Crippen LogP contribution in [0.5, 0.6) is 0 Å². The minimum atomic E-state index is -4.44. The zero-order valence-corrected chi connectivity index (χ0v) is 12.8. The van der Waals surface area contributed by atoms with E-state index in [0.717, 1.165) is 11.8 Å². The summed E-state index contributed by atoms with van der Waals surface area (Å²) >= 11 is 5.08. The maximum Gasteiger partial charge on any atom is 0.418 e. The van der Waals surface area contributed by atoms with Gasteiger partial charge in [0, 0.05) is 6.54 Å². The normalized spacial score (nSPS) is 11.3. The van der Waals surface area contributed by atoms with Gasteiger partial charge < -0.3 is 10.6 Å². The van der Waals surface area contributed by atoms with Gasteiger partial charge in [-0.15, -0.1) is 0 Å². The van der Waals surface area contributed by atoms with Crippen LogP contribution in [-0.2, 0) is 12.7 Å². The number of alkyl halides is 3. The molecule has 0 fully saturated rings. The second kappa shape index (κ2) is 6.35. The molecule has 0 aliphatic heterocycles. The quantitative estimate of drug-likeness (QED) is 0.835. The van der Waals surface area contributed by atoms with Gasteiger partial charge in [-0.25, -0.2) is 0 Å². The molecule has 0 aliphatic rings. The number of aryl methyl sites for hydroxylation is 1. The van der Waals surface area contributed by atoms with E-state index in [-0.39, 0.29) is 10.8 Å². The van der Waals surface area contributed by atoms with E-state index >= 15 is 0 Å². The fraction of sp³-hybridized carbons (Fsp3) is 0.286. The Kier molecular flexibility index (Phi) is 4.70. The molecule has 8 heteroatoms. The summed E-state index contributed by atoms with van der Waals surface area (Å²) in [4.78, 5) is 0. The molecule has 118 valence electrons. The fourth-order valence-electron chi connectivity index (χ4n) is 2.00. The summed E-state index contributed by atoms with van der Waals surface area (Å²) in [5.74, 6) is 0. The molecular formula is C14H15F3N4S. The standard InChI is InChI=1S/C14H15F3N4S/c1-3-21-9(2)12(8-18-21)20-13(22)19-11-7-5-4-6-10(11)14(15,16)17/h4-8H,3H2,1-2H3,(H2,19,20,22). The highest BCUT2D eigenvalue weighted by Crippen LogP contribution is 2.34. The minimum Gasteiger partial charge on any atom is -0.332 e.